The van der Waals surface area contributed by atoms with Crippen molar-refractivity contribution in [3.05, 3.63) is 75.4 Å². The van der Waals surface area contributed by atoms with Crippen molar-refractivity contribution in [3.63, 3.8) is 0 Å². The predicted octanol–water partition coefficient (Wildman–Crippen LogP) is 5.09. The van der Waals surface area contributed by atoms with Gasteiger partial charge in [0.15, 0.2) is 0 Å². The summed E-state index contributed by atoms with van der Waals surface area (Å²) in [5.74, 6) is 1.54. The Morgan fingerprint density at radius 2 is 1.92 bits per heavy atom. The minimum Gasteiger partial charge on any atom is -0.324 e. The van der Waals surface area contributed by atoms with Gasteiger partial charge in [-0.2, -0.15) is 5.10 Å². The molecule has 3 rings (SSSR count). The summed E-state index contributed by atoms with van der Waals surface area (Å²) in [6, 6.07) is 17.5. The Balaban J connectivity index is 2.03. The van der Waals surface area contributed by atoms with Gasteiger partial charge < -0.3 is 5.32 Å². The molecule has 0 atom stereocenters. The summed E-state index contributed by atoms with van der Waals surface area (Å²) in [7, 11) is 1.74. The van der Waals surface area contributed by atoms with Crippen LogP contribution in [0.5, 0.6) is 0 Å². The molecule has 6 heteroatoms. The molecular weight excluding hydrogens is 388 g/mol. The molecule has 1 aromatic heterocycles. The van der Waals surface area contributed by atoms with Crippen molar-refractivity contribution in [2.24, 2.45) is 4.99 Å². The molecule has 0 aliphatic rings. The van der Waals surface area contributed by atoms with Crippen molar-refractivity contribution in [2.45, 2.75) is 6.92 Å². The molecule has 1 heterocycles. The standard InChI is InChI=1S/C18H16BrClN4/c1-12-16(19)18(24(23-12)15-9-4-3-5-10-15)22-17(21-2)13-7-6-8-14(20)11-13/h3-11H,1-2H3,(H,21,22). The highest BCUT2D eigenvalue weighted by molar-refractivity contribution is 9.10. The molecule has 0 saturated heterocycles. The van der Waals surface area contributed by atoms with Crippen LogP contribution in [0.1, 0.15) is 11.3 Å². The maximum absolute atomic E-state index is 6.10. The van der Waals surface area contributed by atoms with Gasteiger partial charge >= 0.3 is 0 Å². The van der Waals surface area contributed by atoms with Crippen molar-refractivity contribution >= 4 is 39.2 Å². The second kappa shape index (κ2) is 7.20. The first-order valence-corrected chi connectivity index (χ1v) is 8.57. The topological polar surface area (TPSA) is 42.2 Å². The zero-order chi connectivity index (χ0) is 17.1. The summed E-state index contributed by atoms with van der Waals surface area (Å²) >= 11 is 9.72. The summed E-state index contributed by atoms with van der Waals surface area (Å²) in [4.78, 5) is 4.36. The monoisotopic (exact) mass is 402 g/mol. The van der Waals surface area contributed by atoms with Crippen molar-refractivity contribution in [2.75, 3.05) is 12.4 Å². The van der Waals surface area contributed by atoms with E-state index in [-0.39, 0.29) is 0 Å². The highest BCUT2D eigenvalue weighted by Crippen LogP contribution is 2.29. The number of para-hydroxylation sites is 1. The van der Waals surface area contributed by atoms with Gasteiger partial charge in [-0.3, -0.25) is 4.99 Å². The van der Waals surface area contributed by atoms with Gasteiger partial charge in [-0.1, -0.05) is 41.9 Å². The number of aryl methyl sites for hydroxylation is 1. The molecule has 0 radical (unpaired) electrons. The van der Waals surface area contributed by atoms with Gasteiger partial charge in [0.05, 0.1) is 15.9 Å². The van der Waals surface area contributed by atoms with Crippen LogP contribution in [0, 0.1) is 6.92 Å². The molecule has 0 aliphatic carbocycles. The molecule has 1 N–H and O–H groups in total. The van der Waals surface area contributed by atoms with E-state index in [0.717, 1.165) is 33.1 Å². The van der Waals surface area contributed by atoms with E-state index in [9.17, 15) is 0 Å². The Kier molecular flexibility index (Phi) is 5.02. The molecule has 0 bridgehead atoms. The van der Waals surface area contributed by atoms with Gasteiger partial charge in [0.1, 0.15) is 11.7 Å². The molecule has 4 nitrogen and oxygen atoms in total. The molecule has 0 aliphatic heterocycles. The zero-order valence-electron chi connectivity index (χ0n) is 13.3. The van der Waals surface area contributed by atoms with Crippen LogP contribution in [0.15, 0.2) is 64.1 Å². The van der Waals surface area contributed by atoms with Gasteiger partial charge in [-0.05, 0) is 47.1 Å². The number of nitrogens with one attached hydrogen (secondary N) is 1. The number of halogens is 2. The van der Waals surface area contributed by atoms with Gasteiger partial charge in [0.2, 0.25) is 0 Å². The minimum absolute atomic E-state index is 0.669. The Bertz CT molecular complexity index is 887. The molecule has 2 aromatic carbocycles. The van der Waals surface area contributed by atoms with Crippen LogP contribution in [0.2, 0.25) is 5.02 Å². The lowest BCUT2D eigenvalue weighted by Crippen LogP contribution is -2.16. The van der Waals surface area contributed by atoms with E-state index < -0.39 is 0 Å². The van der Waals surface area contributed by atoms with E-state index in [1.807, 2.05) is 66.2 Å². The van der Waals surface area contributed by atoms with Crippen molar-refractivity contribution in [1.82, 2.24) is 9.78 Å². The quantitative estimate of drug-likeness (QED) is 0.489. The van der Waals surface area contributed by atoms with Crippen LogP contribution in [-0.4, -0.2) is 22.7 Å². The predicted molar refractivity (Wildman–Crippen MR) is 104 cm³/mol. The van der Waals surface area contributed by atoms with Crippen LogP contribution < -0.4 is 5.32 Å². The van der Waals surface area contributed by atoms with Crippen LogP contribution in [0.25, 0.3) is 5.69 Å². The average molecular weight is 404 g/mol. The first kappa shape index (κ1) is 16.7. The maximum atomic E-state index is 6.10. The van der Waals surface area contributed by atoms with Crippen LogP contribution in [-0.2, 0) is 0 Å². The lowest BCUT2D eigenvalue weighted by atomic mass is 10.2. The third kappa shape index (κ3) is 3.37. The van der Waals surface area contributed by atoms with Gasteiger partial charge in [-0.25, -0.2) is 4.68 Å². The Morgan fingerprint density at radius 1 is 1.17 bits per heavy atom. The third-order valence-electron chi connectivity index (χ3n) is 3.55. The molecule has 24 heavy (non-hydrogen) atoms. The zero-order valence-corrected chi connectivity index (χ0v) is 15.6. The number of benzene rings is 2. The summed E-state index contributed by atoms with van der Waals surface area (Å²) in [6.45, 7) is 1.96. The maximum Gasteiger partial charge on any atom is 0.150 e. The van der Waals surface area contributed by atoms with Crippen LogP contribution >= 0.6 is 27.5 Å². The summed E-state index contributed by atoms with van der Waals surface area (Å²) in [5, 5.41) is 8.65. The Morgan fingerprint density at radius 3 is 2.58 bits per heavy atom. The van der Waals surface area contributed by atoms with E-state index in [1.54, 1.807) is 7.05 Å². The fourth-order valence-corrected chi connectivity index (χ4v) is 2.91. The SMILES string of the molecule is CN=C(Nc1c(Br)c(C)nn1-c1ccccc1)c1cccc(Cl)c1. The van der Waals surface area contributed by atoms with E-state index >= 15 is 0 Å². The van der Waals surface area contributed by atoms with Crippen molar-refractivity contribution < 1.29 is 0 Å². The first-order valence-electron chi connectivity index (χ1n) is 7.40. The number of hydrogen-bond acceptors (Lipinski definition) is 2. The lowest BCUT2D eigenvalue weighted by Gasteiger charge is -2.13. The number of aliphatic imine (C=N–C) groups is 1. The molecule has 3 aromatic rings. The third-order valence-corrected chi connectivity index (χ3v) is 4.73. The van der Waals surface area contributed by atoms with Crippen molar-refractivity contribution in [3.8, 4) is 5.69 Å². The normalized spacial score (nSPS) is 11.6. The summed E-state index contributed by atoms with van der Waals surface area (Å²) in [6.07, 6.45) is 0. The van der Waals surface area contributed by atoms with E-state index in [0.29, 0.717) is 5.02 Å². The van der Waals surface area contributed by atoms with E-state index in [2.05, 4.69) is 31.3 Å². The Labute approximate surface area is 154 Å². The van der Waals surface area contributed by atoms with Crippen molar-refractivity contribution in [1.29, 1.82) is 0 Å². The fraction of sp³-hybridized carbons (Fsp3) is 0.111. The van der Waals surface area contributed by atoms with E-state index in [4.69, 9.17) is 11.6 Å². The number of nitrogens with zero attached hydrogens (tertiary/aromatic N) is 3. The van der Waals surface area contributed by atoms with E-state index in [1.165, 1.54) is 0 Å². The second-order valence-electron chi connectivity index (χ2n) is 5.20. The van der Waals surface area contributed by atoms with Gasteiger partial charge in [0, 0.05) is 17.6 Å². The second-order valence-corrected chi connectivity index (χ2v) is 6.43. The number of aromatic nitrogens is 2. The molecule has 0 fully saturated rings. The highest BCUT2D eigenvalue weighted by atomic mass is 79.9. The molecule has 0 amide bonds. The van der Waals surface area contributed by atoms with Gasteiger partial charge in [-0.15, -0.1) is 0 Å². The lowest BCUT2D eigenvalue weighted by molar-refractivity contribution is 0.870. The fourth-order valence-electron chi connectivity index (χ4n) is 2.38. The largest absolute Gasteiger partial charge is 0.324 e. The number of anilines is 1. The summed E-state index contributed by atoms with van der Waals surface area (Å²) in [5.41, 5.74) is 2.77. The molecular formula is C18H16BrClN4. The van der Waals surface area contributed by atoms with Crippen LogP contribution in [0.4, 0.5) is 5.82 Å². The molecule has 0 unspecified atom stereocenters. The molecule has 0 spiro atoms. The molecule has 0 saturated carbocycles. The Hall–Kier alpha value is -2.11. The van der Waals surface area contributed by atoms with Gasteiger partial charge in [0.25, 0.3) is 0 Å². The molecule has 122 valence electrons. The first-order chi connectivity index (χ1) is 11.6. The highest BCUT2D eigenvalue weighted by Gasteiger charge is 2.16. The number of hydrogen-bond donors (Lipinski definition) is 1. The number of amidine groups is 1. The van der Waals surface area contributed by atoms with Crippen LogP contribution in [0.3, 0.4) is 0 Å². The average Bonchev–Trinajstić information content (AvgIpc) is 2.88. The summed E-state index contributed by atoms with van der Waals surface area (Å²) < 4.78 is 2.75. The smallest absolute Gasteiger partial charge is 0.150 e. The number of rotatable bonds is 3. The minimum atomic E-state index is 0.669.